The molecule has 0 saturated heterocycles. The number of carbonyl (C=O) groups is 1. The third-order valence-electron chi connectivity index (χ3n) is 5.34. The van der Waals surface area contributed by atoms with E-state index < -0.39 is 12.0 Å². The Morgan fingerprint density at radius 2 is 1.93 bits per heavy atom. The first-order chi connectivity index (χ1) is 14.5. The second kappa shape index (κ2) is 10.1. The second-order valence-corrected chi connectivity index (χ2v) is 7.61. The summed E-state index contributed by atoms with van der Waals surface area (Å²) in [5.41, 5.74) is 8.35. The number of nitrogen functional groups attached to an aromatic ring is 1. The lowest BCUT2D eigenvalue weighted by Crippen LogP contribution is -2.26. The van der Waals surface area contributed by atoms with Gasteiger partial charge >= 0.3 is 5.97 Å². The fourth-order valence-corrected chi connectivity index (χ4v) is 3.80. The normalized spacial score (nSPS) is 15.0. The molecule has 0 aromatic heterocycles. The zero-order chi connectivity index (χ0) is 21.5. The second-order valence-electron chi connectivity index (χ2n) is 7.61. The van der Waals surface area contributed by atoms with Crippen LogP contribution in [0.5, 0.6) is 5.75 Å². The highest BCUT2D eigenvalue weighted by molar-refractivity contribution is 5.95. The van der Waals surface area contributed by atoms with Gasteiger partial charge in [0.2, 0.25) is 0 Å². The summed E-state index contributed by atoms with van der Waals surface area (Å²) < 4.78 is 5.70. The fraction of sp³-hybridized carbons (Fsp3) is 0.391. The molecule has 2 aromatic rings. The van der Waals surface area contributed by atoms with E-state index in [4.69, 9.17) is 15.9 Å². The molecule has 1 saturated carbocycles. The van der Waals surface area contributed by atoms with E-state index in [1.807, 2.05) is 19.1 Å². The van der Waals surface area contributed by atoms with Crippen LogP contribution in [0, 0.1) is 5.41 Å². The van der Waals surface area contributed by atoms with Gasteiger partial charge in [-0.25, -0.2) is 4.79 Å². The van der Waals surface area contributed by atoms with Crippen LogP contribution in [0.3, 0.4) is 0 Å². The number of carboxylic acids is 1. The molecule has 1 fully saturated rings. The summed E-state index contributed by atoms with van der Waals surface area (Å²) in [5, 5.41) is 24.0. The predicted octanol–water partition coefficient (Wildman–Crippen LogP) is 3.64. The third-order valence-corrected chi connectivity index (χ3v) is 5.34. The Morgan fingerprint density at radius 3 is 2.53 bits per heavy atom. The van der Waals surface area contributed by atoms with Crippen molar-refractivity contribution >= 4 is 17.5 Å². The van der Waals surface area contributed by atoms with E-state index in [9.17, 15) is 9.90 Å². The Morgan fingerprint density at radius 1 is 1.23 bits per heavy atom. The number of nitrogens with one attached hydrogen (secondary N) is 3. The number of hydrogen-bond acceptors (Lipinski definition) is 5. The van der Waals surface area contributed by atoms with Gasteiger partial charge in [-0.15, -0.1) is 0 Å². The molecular formula is C23H30N4O3. The summed E-state index contributed by atoms with van der Waals surface area (Å²) in [6.45, 7) is 3.10. The minimum Gasteiger partial charge on any atom is -0.494 e. The molecule has 2 aromatic carbocycles. The molecule has 7 heteroatoms. The maximum absolute atomic E-state index is 12.1. The van der Waals surface area contributed by atoms with Crippen molar-refractivity contribution in [3.63, 3.8) is 0 Å². The minimum atomic E-state index is -0.978. The van der Waals surface area contributed by atoms with Crippen LogP contribution in [0.15, 0.2) is 42.5 Å². The van der Waals surface area contributed by atoms with Gasteiger partial charge in [-0.05, 0) is 67.3 Å². The van der Waals surface area contributed by atoms with E-state index in [1.165, 1.54) is 25.7 Å². The van der Waals surface area contributed by atoms with Crippen LogP contribution in [-0.4, -0.2) is 29.6 Å². The van der Waals surface area contributed by atoms with Crippen LogP contribution < -0.4 is 21.1 Å². The Hall–Kier alpha value is -3.06. The molecule has 0 radical (unpaired) electrons. The SMILES string of the molecule is CCOc1cc(CNC2CCCC2)cc(C(Nc2ccc(C(=N)N)cc2)C(=O)O)c1. The molecule has 0 bridgehead atoms. The van der Waals surface area contributed by atoms with Gasteiger partial charge in [0.25, 0.3) is 0 Å². The number of carboxylic acid groups (broad SMARTS) is 1. The fourth-order valence-electron chi connectivity index (χ4n) is 3.80. The molecule has 3 rings (SSSR count). The highest BCUT2D eigenvalue weighted by Gasteiger charge is 2.22. The number of benzene rings is 2. The van der Waals surface area contributed by atoms with Crippen LogP contribution in [-0.2, 0) is 11.3 Å². The maximum atomic E-state index is 12.1. The molecule has 160 valence electrons. The van der Waals surface area contributed by atoms with Crippen molar-refractivity contribution < 1.29 is 14.6 Å². The summed E-state index contributed by atoms with van der Waals surface area (Å²) >= 11 is 0. The highest BCUT2D eigenvalue weighted by Crippen LogP contribution is 2.27. The average Bonchev–Trinajstić information content (AvgIpc) is 3.24. The molecule has 1 atom stereocenters. The molecule has 1 aliphatic carbocycles. The van der Waals surface area contributed by atoms with Crippen molar-refractivity contribution in [2.75, 3.05) is 11.9 Å². The Labute approximate surface area is 177 Å². The number of ether oxygens (including phenoxy) is 1. The first-order valence-electron chi connectivity index (χ1n) is 10.4. The van der Waals surface area contributed by atoms with E-state index >= 15 is 0 Å². The lowest BCUT2D eigenvalue weighted by Gasteiger charge is -2.19. The lowest BCUT2D eigenvalue weighted by atomic mass is 10.0. The number of hydrogen-bond donors (Lipinski definition) is 5. The van der Waals surface area contributed by atoms with E-state index in [-0.39, 0.29) is 5.84 Å². The van der Waals surface area contributed by atoms with Gasteiger partial charge in [0, 0.05) is 23.8 Å². The summed E-state index contributed by atoms with van der Waals surface area (Å²) in [7, 11) is 0. The van der Waals surface area contributed by atoms with Gasteiger partial charge in [0.05, 0.1) is 6.61 Å². The molecular weight excluding hydrogens is 380 g/mol. The van der Waals surface area contributed by atoms with Crippen LogP contribution >= 0.6 is 0 Å². The number of rotatable bonds is 10. The standard InChI is InChI=1S/C23H30N4O3/c1-2-30-20-12-15(14-26-18-5-3-4-6-18)11-17(13-20)21(23(28)29)27-19-9-7-16(8-10-19)22(24)25/h7-13,18,21,26-27H,2-6,14H2,1H3,(H3,24,25)(H,28,29). The van der Waals surface area contributed by atoms with E-state index in [1.54, 1.807) is 30.3 Å². The lowest BCUT2D eigenvalue weighted by molar-refractivity contribution is -0.138. The van der Waals surface area contributed by atoms with E-state index in [2.05, 4.69) is 10.6 Å². The average molecular weight is 411 g/mol. The first-order valence-corrected chi connectivity index (χ1v) is 10.4. The molecule has 0 aliphatic heterocycles. The van der Waals surface area contributed by atoms with Gasteiger partial charge in [-0.2, -0.15) is 0 Å². The number of anilines is 1. The van der Waals surface area contributed by atoms with Gasteiger partial charge in [0.1, 0.15) is 11.6 Å². The molecule has 1 aliphatic rings. The molecule has 0 amide bonds. The molecule has 0 spiro atoms. The summed E-state index contributed by atoms with van der Waals surface area (Å²) in [5.74, 6) is -0.340. The van der Waals surface area contributed by atoms with Gasteiger partial charge < -0.3 is 26.2 Å². The Kier molecular flexibility index (Phi) is 7.30. The minimum absolute atomic E-state index is 0.0276. The van der Waals surface area contributed by atoms with Gasteiger partial charge in [0.15, 0.2) is 6.04 Å². The number of amidine groups is 1. The van der Waals surface area contributed by atoms with Crippen molar-refractivity contribution in [2.24, 2.45) is 5.73 Å². The maximum Gasteiger partial charge on any atom is 0.330 e. The van der Waals surface area contributed by atoms with Gasteiger partial charge in [-0.3, -0.25) is 5.41 Å². The summed E-state index contributed by atoms with van der Waals surface area (Å²) in [6.07, 6.45) is 4.89. The van der Waals surface area contributed by atoms with Crippen molar-refractivity contribution in [2.45, 2.75) is 51.2 Å². The molecule has 7 nitrogen and oxygen atoms in total. The quantitative estimate of drug-likeness (QED) is 0.301. The Bertz CT molecular complexity index is 877. The van der Waals surface area contributed by atoms with E-state index in [0.29, 0.717) is 41.8 Å². The first kappa shape index (κ1) is 21.6. The smallest absolute Gasteiger partial charge is 0.330 e. The number of aliphatic carboxylic acids is 1. The van der Waals surface area contributed by atoms with E-state index in [0.717, 1.165) is 5.56 Å². The van der Waals surface area contributed by atoms with Crippen LogP contribution in [0.1, 0.15) is 55.3 Å². The topological polar surface area (TPSA) is 120 Å². The zero-order valence-electron chi connectivity index (χ0n) is 17.3. The highest BCUT2D eigenvalue weighted by atomic mass is 16.5. The molecule has 30 heavy (non-hydrogen) atoms. The molecule has 6 N–H and O–H groups in total. The zero-order valence-corrected chi connectivity index (χ0v) is 17.3. The van der Waals surface area contributed by atoms with Crippen molar-refractivity contribution in [3.05, 3.63) is 59.2 Å². The van der Waals surface area contributed by atoms with Crippen molar-refractivity contribution in [1.29, 1.82) is 5.41 Å². The summed E-state index contributed by atoms with van der Waals surface area (Å²) in [4.78, 5) is 12.1. The largest absolute Gasteiger partial charge is 0.494 e. The third kappa shape index (κ3) is 5.73. The monoisotopic (exact) mass is 410 g/mol. The molecule has 0 heterocycles. The van der Waals surface area contributed by atoms with Crippen molar-refractivity contribution in [1.82, 2.24) is 5.32 Å². The van der Waals surface area contributed by atoms with Gasteiger partial charge in [-0.1, -0.05) is 18.9 Å². The summed E-state index contributed by atoms with van der Waals surface area (Å²) in [6, 6.07) is 12.1. The van der Waals surface area contributed by atoms with Crippen LogP contribution in [0.4, 0.5) is 5.69 Å². The van der Waals surface area contributed by atoms with Crippen LogP contribution in [0.25, 0.3) is 0 Å². The molecule has 1 unspecified atom stereocenters. The number of nitrogens with two attached hydrogens (primary N) is 1. The van der Waals surface area contributed by atoms with Crippen molar-refractivity contribution in [3.8, 4) is 5.75 Å². The Balaban J connectivity index is 1.82. The predicted molar refractivity (Wildman–Crippen MR) is 118 cm³/mol. The van der Waals surface area contributed by atoms with Crippen LogP contribution in [0.2, 0.25) is 0 Å².